The molecule has 2 unspecified atom stereocenters. The van der Waals surface area contributed by atoms with E-state index in [9.17, 15) is 0 Å². The van der Waals surface area contributed by atoms with E-state index in [-0.39, 0.29) is 12.0 Å². The molecular weight excluding hydrogens is 396 g/mol. The Kier molecular flexibility index (Phi) is 7.62. The summed E-state index contributed by atoms with van der Waals surface area (Å²) in [6.45, 7) is 8.82. The van der Waals surface area contributed by atoms with Crippen LogP contribution >= 0.6 is 11.3 Å². The number of nitrogens with one attached hydrogen (secondary N) is 3. The van der Waals surface area contributed by atoms with Crippen molar-refractivity contribution >= 4 is 39.2 Å². The molecule has 2 atom stereocenters. The van der Waals surface area contributed by atoms with Crippen LogP contribution in [0.1, 0.15) is 31.5 Å². The Balaban J connectivity index is 1.91. The minimum atomic E-state index is 0.0552. The van der Waals surface area contributed by atoms with Crippen LogP contribution in [0.2, 0.25) is 0 Å². The molecule has 2 heterocycles. The van der Waals surface area contributed by atoms with Crippen molar-refractivity contribution in [3.8, 4) is 0 Å². The summed E-state index contributed by atoms with van der Waals surface area (Å²) in [6, 6.07) is 2.10. The second kappa shape index (κ2) is 10.4. The van der Waals surface area contributed by atoms with Crippen molar-refractivity contribution in [3.05, 3.63) is 53.2 Å². The maximum atomic E-state index is 5.67. The first-order chi connectivity index (χ1) is 14.6. The van der Waals surface area contributed by atoms with Crippen molar-refractivity contribution < 1.29 is 4.74 Å². The number of aromatic nitrogens is 1. The molecule has 5 N–H and O–H groups in total. The van der Waals surface area contributed by atoms with Gasteiger partial charge in [0, 0.05) is 47.3 Å². The van der Waals surface area contributed by atoms with Gasteiger partial charge in [0.25, 0.3) is 0 Å². The number of pyridine rings is 1. The summed E-state index contributed by atoms with van der Waals surface area (Å²) in [4.78, 5) is 4.98. The fourth-order valence-corrected chi connectivity index (χ4v) is 4.48. The van der Waals surface area contributed by atoms with Gasteiger partial charge in [0.15, 0.2) is 0 Å². The van der Waals surface area contributed by atoms with Crippen molar-refractivity contribution in [2.45, 2.75) is 32.8 Å². The molecule has 160 valence electrons. The monoisotopic (exact) mass is 426 g/mol. The molecule has 1 aliphatic carbocycles. The lowest BCUT2D eigenvalue weighted by molar-refractivity contribution is 0.0975. The van der Waals surface area contributed by atoms with Crippen LogP contribution in [-0.2, 0) is 11.2 Å². The minimum absolute atomic E-state index is 0.0552. The molecule has 2 aromatic rings. The zero-order valence-corrected chi connectivity index (χ0v) is 18.6. The van der Waals surface area contributed by atoms with Gasteiger partial charge in [-0.2, -0.15) is 5.10 Å². The third-order valence-electron chi connectivity index (χ3n) is 4.99. The molecule has 2 aromatic heterocycles. The zero-order valence-electron chi connectivity index (χ0n) is 17.7. The van der Waals surface area contributed by atoms with Crippen molar-refractivity contribution in [1.82, 2.24) is 15.8 Å². The molecule has 0 spiro atoms. The number of nitrogens with zero attached hydrogens (tertiary/aromatic N) is 2. The number of anilines is 1. The largest absolute Gasteiger partial charge is 0.374 e. The minimum Gasteiger partial charge on any atom is -0.374 e. The van der Waals surface area contributed by atoms with Crippen molar-refractivity contribution in [2.24, 2.45) is 16.9 Å². The Morgan fingerprint density at radius 3 is 3.00 bits per heavy atom. The van der Waals surface area contributed by atoms with Crippen LogP contribution in [0.5, 0.6) is 0 Å². The van der Waals surface area contributed by atoms with Crippen LogP contribution < -0.4 is 22.0 Å². The Bertz CT molecular complexity index is 977. The van der Waals surface area contributed by atoms with Gasteiger partial charge in [0.2, 0.25) is 0 Å². The number of nitrogens with two attached hydrogens (primary N) is 1. The molecule has 8 heteroatoms. The first-order valence-electron chi connectivity index (χ1n) is 10.1. The van der Waals surface area contributed by atoms with Crippen LogP contribution in [0, 0.1) is 5.92 Å². The van der Waals surface area contributed by atoms with Gasteiger partial charge in [-0.25, -0.2) is 10.4 Å². The van der Waals surface area contributed by atoms with Gasteiger partial charge in [0.1, 0.15) is 11.7 Å². The zero-order chi connectivity index (χ0) is 21.5. The number of hydrazone groups is 1. The maximum absolute atomic E-state index is 5.67. The second-order valence-corrected chi connectivity index (χ2v) is 7.97. The van der Waals surface area contributed by atoms with Gasteiger partial charge in [-0.3, -0.25) is 0 Å². The van der Waals surface area contributed by atoms with E-state index in [0.29, 0.717) is 18.9 Å². The number of ether oxygens (including phenoxy) is 1. The number of amidine groups is 1. The third kappa shape index (κ3) is 4.89. The van der Waals surface area contributed by atoms with Gasteiger partial charge >= 0.3 is 0 Å². The van der Waals surface area contributed by atoms with E-state index < -0.39 is 0 Å². The van der Waals surface area contributed by atoms with Gasteiger partial charge in [-0.05, 0) is 30.9 Å². The average Bonchev–Trinajstić information content (AvgIpc) is 3.23. The number of rotatable bonds is 9. The normalized spacial score (nSPS) is 17.6. The number of hydrogen-bond acceptors (Lipinski definition) is 7. The SMILES string of the molecule is C=Cc1c(CC(C)/C(=N/N)NNC)nc(NC2=CCC(OCC)C=C2)c2ccsc12. The quantitative estimate of drug-likeness (QED) is 0.211. The lowest BCUT2D eigenvalue weighted by atomic mass is 9.99. The van der Waals surface area contributed by atoms with E-state index in [1.165, 1.54) is 4.70 Å². The van der Waals surface area contributed by atoms with Crippen molar-refractivity contribution in [3.63, 3.8) is 0 Å². The Labute approximate surface area is 181 Å². The molecule has 0 amide bonds. The number of hydrogen-bond donors (Lipinski definition) is 4. The lowest BCUT2D eigenvalue weighted by Crippen LogP contribution is -2.39. The molecule has 0 aromatic carbocycles. The summed E-state index contributed by atoms with van der Waals surface area (Å²) < 4.78 is 6.84. The van der Waals surface area contributed by atoms with Crippen molar-refractivity contribution in [1.29, 1.82) is 0 Å². The summed E-state index contributed by atoms with van der Waals surface area (Å²) in [5.41, 5.74) is 8.92. The molecule has 7 nitrogen and oxygen atoms in total. The highest BCUT2D eigenvalue weighted by molar-refractivity contribution is 7.17. The number of allylic oxidation sites excluding steroid dienone is 1. The average molecular weight is 427 g/mol. The summed E-state index contributed by atoms with van der Waals surface area (Å²) >= 11 is 1.70. The van der Waals surface area contributed by atoms with Crippen LogP contribution in [0.3, 0.4) is 0 Å². The molecule has 0 fully saturated rings. The van der Waals surface area contributed by atoms with Crippen molar-refractivity contribution in [2.75, 3.05) is 19.0 Å². The maximum Gasteiger partial charge on any atom is 0.139 e. The highest BCUT2D eigenvalue weighted by Crippen LogP contribution is 2.34. The molecule has 3 rings (SSSR count). The van der Waals surface area contributed by atoms with E-state index in [1.54, 1.807) is 18.4 Å². The molecule has 0 bridgehead atoms. The predicted molar refractivity (Wildman–Crippen MR) is 127 cm³/mol. The summed E-state index contributed by atoms with van der Waals surface area (Å²) in [5.74, 6) is 7.13. The van der Waals surface area contributed by atoms with Gasteiger partial charge < -0.3 is 21.3 Å². The Hall–Kier alpha value is -2.68. The van der Waals surface area contributed by atoms with E-state index in [1.807, 2.05) is 13.0 Å². The fraction of sp³-hybridized carbons (Fsp3) is 0.364. The predicted octanol–water partition coefficient (Wildman–Crippen LogP) is 3.77. The number of thiophene rings is 1. The topological polar surface area (TPSA) is 96.6 Å². The number of hydrazine groups is 1. The van der Waals surface area contributed by atoms with E-state index in [2.05, 4.69) is 64.4 Å². The van der Waals surface area contributed by atoms with Crippen LogP contribution in [-0.4, -0.2) is 30.6 Å². The molecule has 0 aliphatic heterocycles. The lowest BCUT2D eigenvalue weighted by Gasteiger charge is -2.19. The van der Waals surface area contributed by atoms with E-state index >= 15 is 0 Å². The molecular formula is C22H30N6OS. The highest BCUT2D eigenvalue weighted by atomic mass is 32.1. The van der Waals surface area contributed by atoms with Gasteiger partial charge in [0.05, 0.1) is 11.8 Å². The molecule has 0 saturated heterocycles. The summed E-state index contributed by atoms with van der Waals surface area (Å²) in [6.07, 6.45) is 9.85. The van der Waals surface area contributed by atoms with Crippen LogP contribution in [0.25, 0.3) is 16.2 Å². The second-order valence-electron chi connectivity index (χ2n) is 7.06. The van der Waals surface area contributed by atoms with E-state index in [4.69, 9.17) is 15.6 Å². The molecule has 30 heavy (non-hydrogen) atoms. The first kappa shape index (κ1) is 22.0. The highest BCUT2D eigenvalue weighted by Gasteiger charge is 2.19. The third-order valence-corrected chi connectivity index (χ3v) is 5.94. The van der Waals surface area contributed by atoms with Crippen LogP contribution in [0.15, 0.2) is 47.1 Å². The first-order valence-corrected chi connectivity index (χ1v) is 11.0. The van der Waals surface area contributed by atoms with Crippen LogP contribution in [0.4, 0.5) is 5.82 Å². The summed E-state index contributed by atoms with van der Waals surface area (Å²) in [7, 11) is 1.78. The molecule has 1 aliphatic rings. The van der Waals surface area contributed by atoms with Gasteiger partial charge in [-0.1, -0.05) is 31.7 Å². The fourth-order valence-electron chi connectivity index (χ4n) is 3.52. The van der Waals surface area contributed by atoms with Gasteiger partial charge in [-0.15, -0.1) is 11.3 Å². The summed E-state index contributed by atoms with van der Waals surface area (Å²) in [5, 5.41) is 10.5. The van der Waals surface area contributed by atoms with E-state index in [0.717, 1.165) is 34.6 Å². The smallest absolute Gasteiger partial charge is 0.139 e. The number of fused-ring (bicyclic) bond motifs is 1. The standard InChI is InChI=1S/C22H30N6OS/c1-5-17-19(13-14(3)21(27-23)28-24-4)26-22(18-11-12-30-20(17)18)25-15-7-9-16(10-8-15)29-6-2/h5,7-9,11-12,14,16,24H,1,6,10,13,23H2,2-4H3,(H,25,26)(H,27,28). The molecule has 0 radical (unpaired) electrons. The Morgan fingerprint density at radius 1 is 1.53 bits per heavy atom. The Morgan fingerprint density at radius 2 is 2.37 bits per heavy atom. The molecule has 0 saturated carbocycles.